The summed E-state index contributed by atoms with van der Waals surface area (Å²) in [5.74, 6) is 0.268. The molecular weight excluding hydrogens is 194 g/mol. The first kappa shape index (κ1) is 11.5. The third-order valence-corrected chi connectivity index (χ3v) is 1.79. The lowest BCUT2D eigenvalue weighted by molar-refractivity contribution is -0.123. The summed E-state index contributed by atoms with van der Waals surface area (Å²) in [4.78, 5) is 11.2. The highest BCUT2D eigenvalue weighted by Gasteiger charge is 2.08. The Kier molecular flexibility index (Phi) is 4.12. The van der Waals surface area contributed by atoms with Crippen molar-refractivity contribution in [1.29, 1.82) is 0 Å². The smallest absolute Gasteiger partial charge is 0.252 e. The van der Waals surface area contributed by atoms with E-state index in [2.05, 4.69) is 5.32 Å². The third kappa shape index (κ3) is 3.59. The summed E-state index contributed by atoms with van der Waals surface area (Å²) in [6, 6.07) is 7.04. The third-order valence-electron chi connectivity index (χ3n) is 1.79. The molecule has 0 saturated heterocycles. The number of nitrogens with one attached hydrogen (secondary N) is 1. The van der Waals surface area contributed by atoms with E-state index in [-0.39, 0.29) is 0 Å². The first-order valence-electron chi connectivity index (χ1n) is 4.85. The summed E-state index contributed by atoms with van der Waals surface area (Å²) < 4.78 is 5.27. The molecule has 0 fully saturated rings. The Morgan fingerprint density at radius 2 is 2.33 bits per heavy atom. The predicted molar refractivity (Wildman–Crippen MR) is 57.9 cm³/mol. The molecule has 1 aromatic rings. The van der Waals surface area contributed by atoms with E-state index in [4.69, 9.17) is 9.84 Å². The lowest BCUT2D eigenvalue weighted by Gasteiger charge is -2.08. The molecule has 1 unspecified atom stereocenters. The van der Waals surface area contributed by atoms with E-state index >= 15 is 0 Å². The van der Waals surface area contributed by atoms with Crippen molar-refractivity contribution in [3.63, 3.8) is 0 Å². The number of carbonyl (C=O) groups is 1. The number of benzene rings is 1. The second kappa shape index (κ2) is 5.36. The van der Waals surface area contributed by atoms with Gasteiger partial charge >= 0.3 is 0 Å². The van der Waals surface area contributed by atoms with E-state index in [0.29, 0.717) is 18.0 Å². The molecule has 0 radical (unpaired) electrons. The van der Waals surface area contributed by atoms with Crippen LogP contribution < -0.4 is 10.1 Å². The van der Waals surface area contributed by atoms with Crippen molar-refractivity contribution in [3.05, 3.63) is 24.3 Å². The van der Waals surface area contributed by atoms with Gasteiger partial charge in [0.1, 0.15) is 11.9 Å². The molecule has 0 saturated carbocycles. The van der Waals surface area contributed by atoms with Gasteiger partial charge in [-0.05, 0) is 26.0 Å². The average Bonchev–Trinajstić information content (AvgIpc) is 2.18. The van der Waals surface area contributed by atoms with Crippen molar-refractivity contribution in [3.8, 4) is 5.75 Å². The maximum atomic E-state index is 11.2. The molecule has 1 atom stereocenters. The SMILES string of the molecule is CCOc1cccc(NC(=O)C(C)O)c1. The Labute approximate surface area is 88.9 Å². The van der Waals surface area contributed by atoms with Gasteiger partial charge in [0.15, 0.2) is 0 Å². The standard InChI is InChI=1S/C11H15NO3/c1-3-15-10-6-4-5-9(7-10)12-11(14)8(2)13/h4-8,13H,3H2,1-2H3,(H,12,14). The van der Waals surface area contributed by atoms with Crippen LogP contribution >= 0.6 is 0 Å². The first-order valence-corrected chi connectivity index (χ1v) is 4.85. The predicted octanol–water partition coefficient (Wildman–Crippen LogP) is 1.40. The highest BCUT2D eigenvalue weighted by atomic mass is 16.5. The summed E-state index contributed by atoms with van der Waals surface area (Å²) in [5.41, 5.74) is 0.617. The van der Waals surface area contributed by atoms with Crippen molar-refractivity contribution in [2.45, 2.75) is 20.0 Å². The van der Waals surface area contributed by atoms with Gasteiger partial charge < -0.3 is 15.2 Å². The summed E-state index contributed by atoms with van der Waals surface area (Å²) >= 11 is 0. The van der Waals surface area contributed by atoms with Crippen LogP contribution in [0, 0.1) is 0 Å². The molecule has 4 nitrogen and oxygen atoms in total. The van der Waals surface area contributed by atoms with Gasteiger partial charge in [-0.15, -0.1) is 0 Å². The van der Waals surface area contributed by atoms with Gasteiger partial charge in [-0.1, -0.05) is 6.07 Å². The van der Waals surface area contributed by atoms with Crippen LogP contribution in [0.1, 0.15) is 13.8 Å². The van der Waals surface area contributed by atoms with Gasteiger partial charge in [-0.2, -0.15) is 0 Å². The molecule has 2 N–H and O–H groups in total. The molecule has 1 aromatic carbocycles. The minimum Gasteiger partial charge on any atom is -0.494 e. The number of aliphatic hydroxyl groups is 1. The van der Waals surface area contributed by atoms with Crippen molar-refractivity contribution < 1.29 is 14.6 Å². The zero-order chi connectivity index (χ0) is 11.3. The van der Waals surface area contributed by atoms with E-state index in [9.17, 15) is 4.79 Å². The van der Waals surface area contributed by atoms with Crippen molar-refractivity contribution in [2.24, 2.45) is 0 Å². The Bertz CT molecular complexity index is 336. The number of hydrogen-bond donors (Lipinski definition) is 2. The van der Waals surface area contributed by atoms with Gasteiger partial charge in [0, 0.05) is 11.8 Å². The molecule has 1 amide bonds. The van der Waals surface area contributed by atoms with Crippen LogP contribution in [-0.4, -0.2) is 23.7 Å². The van der Waals surface area contributed by atoms with Gasteiger partial charge in [0.2, 0.25) is 0 Å². The molecule has 0 aliphatic rings. The van der Waals surface area contributed by atoms with Gasteiger partial charge in [0.05, 0.1) is 6.61 Å². The highest BCUT2D eigenvalue weighted by Crippen LogP contribution is 2.17. The Balaban J connectivity index is 2.69. The van der Waals surface area contributed by atoms with Crippen LogP contribution in [0.25, 0.3) is 0 Å². The number of hydrogen-bond acceptors (Lipinski definition) is 3. The second-order valence-electron chi connectivity index (χ2n) is 3.13. The minimum atomic E-state index is -1.01. The largest absolute Gasteiger partial charge is 0.494 e. The Morgan fingerprint density at radius 1 is 1.60 bits per heavy atom. The van der Waals surface area contributed by atoms with Crippen LogP contribution in [-0.2, 0) is 4.79 Å². The molecule has 1 rings (SSSR count). The summed E-state index contributed by atoms with van der Waals surface area (Å²) in [7, 11) is 0. The number of amides is 1. The number of aliphatic hydroxyl groups excluding tert-OH is 1. The van der Waals surface area contributed by atoms with Crippen molar-refractivity contribution >= 4 is 11.6 Å². The molecular formula is C11H15NO3. The lowest BCUT2D eigenvalue weighted by Crippen LogP contribution is -2.24. The van der Waals surface area contributed by atoms with E-state index < -0.39 is 12.0 Å². The monoisotopic (exact) mass is 209 g/mol. The van der Waals surface area contributed by atoms with E-state index in [1.807, 2.05) is 13.0 Å². The van der Waals surface area contributed by atoms with E-state index in [0.717, 1.165) is 0 Å². The summed E-state index contributed by atoms with van der Waals surface area (Å²) in [6.45, 7) is 3.89. The lowest BCUT2D eigenvalue weighted by atomic mass is 10.3. The van der Waals surface area contributed by atoms with E-state index in [1.54, 1.807) is 18.2 Å². The topological polar surface area (TPSA) is 58.6 Å². The molecule has 0 heterocycles. The fourth-order valence-corrected chi connectivity index (χ4v) is 1.08. The molecule has 0 aromatic heterocycles. The maximum absolute atomic E-state index is 11.2. The van der Waals surface area contributed by atoms with Gasteiger partial charge in [-0.3, -0.25) is 4.79 Å². The Morgan fingerprint density at radius 3 is 2.93 bits per heavy atom. The minimum absolute atomic E-state index is 0.427. The van der Waals surface area contributed by atoms with Crippen LogP contribution in [0.2, 0.25) is 0 Å². The zero-order valence-corrected chi connectivity index (χ0v) is 8.86. The number of anilines is 1. The molecule has 0 aliphatic heterocycles. The van der Waals surface area contributed by atoms with Crippen molar-refractivity contribution in [1.82, 2.24) is 0 Å². The zero-order valence-electron chi connectivity index (χ0n) is 8.86. The number of rotatable bonds is 4. The van der Waals surface area contributed by atoms with Crippen LogP contribution in [0.3, 0.4) is 0 Å². The highest BCUT2D eigenvalue weighted by molar-refractivity contribution is 5.93. The molecule has 82 valence electrons. The van der Waals surface area contributed by atoms with Crippen LogP contribution in [0.15, 0.2) is 24.3 Å². The average molecular weight is 209 g/mol. The van der Waals surface area contributed by atoms with Gasteiger partial charge in [0.25, 0.3) is 5.91 Å². The number of carbonyl (C=O) groups excluding carboxylic acids is 1. The molecule has 15 heavy (non-hydrogen) atoms. The summed E-state index contributed by atoms with van der Waals surface area (Å²) in [6.07, 6.45) is -1.01. The number of ether oxygens (including phenoxy) is 1. The van der Waals surface area contributed by atoms with Gasteiger partial charge in [-0.25, -0.2) is 0 Å². The fourth-order valence-electron chi connectivity index (χ4n) is 1.08. The fraction of sp³-hybridized carbons (Fsp3) is 0.364. The second-order valence-corrected chi connectivity index (χ2v) is 3.13. The van der Waals surface area contributed by atoms with Crippen LogP contribution in [0.5, 0.6) is 5.75 Å². The first-order chi connectivity index (χ1) is 7.13. The molecule has 0 spiro atoms. The van der Waals surface area contributed by atoms with Crippen molar-refractivity contribution in [2.75, 3.05) is 11.9 Å². The molecule has 0 aliphatic carbocycles. The molecule has 4 heteroatoms. The van der Waals surface area contributed by atoms with E-state index in [1.165, 1.54) is 6.92 Å². The quantitative estimate of drug-likeness (QED) is 0.788. The summed E-state index contributed by atoms with van der Waals surface area (Å²) in [5, 5.41) is 11.6. The van der Waals surface area contributed by atoms with Crippen LogP contribution in [0.4, 0.5) is 5.69 Å². The Hall–Kier alpha value is -1.55. The normalized spacial score (nSPS) is 11.9. The maximum Gasteiger partial charge on any atom is 0.252 e. The molecule has 0 bridgehead atoms.